The van der Waals surface area contributed by atoms with Crippen LogP contribution in [0.4, 0.5) is 4.79 Å². The van der Waals surface area contributed by atoms with E-state index in [2.05, 4.69) is 0 Å². The number of nitrogens with zero attached hydrogens (tertiary/aromatic N) is 1. The van der Waals surface area contributed by atoms with Crippen molar-refractivity contribution in [1.82, 2.24) is 4.90 Å². The molecule has 0 bridgehead atoms. The minimum atomic E-state index is -0.528. The Kier molecular flexibility index (Phi) is 7.75. The van der Waals surface area contributed by atoms with Crippen molar-refractivity contribution >= 4 is 35.0 Å². The summed E-state index contributed by atoms with van der Waals surface area (Å²) < 4.78 is 16.5. The normalized spacial score (nSPS) is 14.3. The van der Waals surface area contributed by atoms with Crippen LogP contribution in [0.3, 0.4) is 0 Å². The van der Waals surface area contributed by atoms with Crippen molar-refractivity contribution in [1.29, 1.82) is 0 Å². The van der Waals surface area contributed by atoms with Gasteiger partial charge in [0.2, 0.25) is 0 Å². The number of amides is 2. The van der Waals surface area contributed by atoms with Crippen molar-refractivity contribution in [3.8, 4) is 17.2 Å². The van der Waals surface area contributed by atoms with Gasteiger partial charge in [0.1, 0.15) is 12.4 Å². The van der Waals surface area contributed by atoms with Crippen LogP contribution in [-0.2, 0) is 4.79 Å². The number of carbonyl (C=O) groups excluding carboxylic acids is 3. The molecule has 0 unspecified atom stereocenters. The summed E-state index contributed by atoms with van der Waals surface area (Å²) in [6, 6.07) is 19.5. The Labute approximate surface area is 213 Å². The summed E-state index contributed by atoms with van der Waals surface area (Å²) in [5.41, 5.74) is 3.14. The zero-order valence-electron chi connectivity index (χ0n) is 20.1. The number of ether oxygens (including phenoxy) is 3. The number of hydrogen-bond acceptors (Lipinski definition) is 7. The van der Waals surface area contributed by atoms with Gasteiger partial charge in [-0.1, -0.05) is 41.5 Å². The summed E-state index contributed by atoms with van der Waals surface area (Å²) in [5.74, 6) is 0.330. The molecule has 8 heteroatoms. The molecule has 0 radical (unpaired) electrons. The first-order chi connectivity index (χ1) is 17.3. The van der Waals surface area contributed by atoms with E-state index in [0.717, 1.165) is 27.8 Å². The monoisotopic (exact) mass is 503 g/mol. The number of thioether (sulfide) groups is 1. The molecule has 4 rings (SSSR count). The second-order valence-electron chi connectivity index (χ2n) is 8.16. The lowest BCUT2D eigenvalue weighted by Crippen LogP contribution is -2.32. The summed E-state index contributed by atoms with van der Waals surface area (Å²) in [5, 5.41) is -0.363. The highest BCUT2D eigenvalue weighted by Gasteiger charge is 2.34. The molecule has 1 heterocycles. The van der Waals surface area contributed by atoms with Crippen LogP contribution in [0.15, 0.2) is 71.6 Å². The third kappa shape index (κ3) is 5.95. The fourth-order valence-electron chi connectivity index (χ4n) is 3.44. The molecule has 1 saturated heterocycles. The molecule has 0 aromatic heterocycles. The molecule has 184 valence electrons. The van der Waals surface area contributed by atoms with E-state index in [9.17, 15) is 14.4 Å². The maximum Gasteiger partial charge on any atom is 0.343 e. The van der Waals surface area contributed by atoms with Crippen LogP contribution >= 0.6 is 11.8 Å². The third-order valence-corrected chi connectivity index (χ3v) is 6.36. The second kappa shape index (κ2) is 11.1. The Bertz CT molecular complexity index is 1310. The Hall–Kier alpha value is -4.04. The number of carbonyl (C=O) groups is 3. The van der Waals surface area contributed by atoms with Crippen LogP contribution in [-0.4, -0.2) is 42.3 Å². The smallest absolute Gasteiger partial charge is 0.343 e. The minimum Gasteiger partial charge on any atom is -0.493 e. The van der Waals surface area contributed by atoms with Gasteiger partial charge in [-0.2, -0.15) is 0 Å². The summed E-state index contributed by atoms with van der Waals surface area (Å²) in [4.78, 5) is 39.3. The van der Waals surface area contributed by atoms with Gasteiger partial charge in [0, 0.05) is 0 Å². The zero-order valence-corrected chi connectivity index (χ0v) is 21.0. The first-order valence-corrected chi connectivity index (χ1v) is 12.1. The summed E-state index contributed by atoms with van der Waals surface area (Å²) in [6.45, 7) is 4.24. The van der Waals surface area contributed by atoms with E-state index in [1.807, 2.05) is 50.2 Å². The van der Waals surface area contributed by atoms with Gasteiger partial charge in [-0.05, 0) is 73.6 Å². The predicted octanol–water partition coefficient (Wildman–Crippen LogP) is 5.65. The van der Waals surface area contributed by atoms with E-state index in [0.29, 0.717) is 22.6 Å². The van der Waals surface area contributed by atoms with E-state index >= 15 is 0 Å². The van der Waals surface area contributed by atoms with Gasteiger partial charge in [-0.15, -0.1) is 0 Å². The number of rotatable bonds is 8. The van der Waals surface area contributed by atoms with Crippen molar-refractivity contribution < 1.29 is 28.6 Å². The van der Waals surface area contributed by atoms with Crippen LogP contribution in [0.1, 0.15) is 27.0 Å². The predicted molar refractivity (Wildman–Crippen MR) is 138 cm³/mol. The number of esters is 1. The summed E-state index contributed by atoms with van der Waals surface area (Å²) in [7, 11) is 1.47. The molecule has 1 fully saturated rings. The maximum absolute atomic E-state index is 12.9. The van der Waals surface area contributed by atoms with Crippen LogP contribution < -0.4 is 14.2 Å². The molecule has 0 aliphatic carbocycles. The van der Waals surface area contributed by atoms with Crippen LogP contribution in [0.25, 0.3) is 6.08 Å². The number of methoxy groups -OCH3 is 1. The van der Waals surface area contributed by atoms with Crippen molar-refractivity contribution in [2.24, 2.45) is 0 Å². The number of aryl methyl sites for hydroxylation is 2. The molecule has 1 aliphatic rings. The molecule has 0 atom stereocenters. The highest BCUT2D eigenvalue weighted by Crippen LogP contribution is 2.34. The quantitative estimate of drug-likeness (QED) is 0.223. The maximum atomic E-state index is 12.9. The van der Waals surface area contributed by atoms with Crippen molar-refractivity contribution in [2.45, 2.75) is 13.8 Å². The summed E-state index contributed by atoms with van der Waals surface area (Å²) in [6.07, 6.45) is 1.59. The molecule has 2 amide bonds. The first kappa shape index (κ1) is 25.1. The van der Waals surface area contributed by atoms with Gasteiger partial charge in [0.15, 0.2) is 11.5 Å². The lowest BCUT2D eigenvalue weighted by molar-refractivity contribution is -0.123. The Morgan fingerprint density at radius 3 is 2.25 bits per heavy atom. The topological polar surface area (TPSA) is 82.1 Å². The molecule has 0 saturated carbocycles. The van der Waals surface area contributed by atoms with E-state index in [4.69, 9.17) is 14.2 Å². The highest BCUT2D eigenvalue weighted by atomic mass is 32.2. The van der Waals surface area contributed by atoms with E-state index in [1.54, 1.807) is 36.4 Å². The number of benzene rings is 3. The summed E-state index contributed by atoms with van der Waals surface area (Å²) >= 11 is 0.857. The lowest BCUT2D eigenvalue weighted by atomic mass is 10.1. The van der Waals surface area contributed by atoms with Gasteiger partial charge in [0.25, 0.3) is 11.1 Å². The highest BCUT2D eigenvalue weighted by molar-refractivity contribution is 8.18. The van der Waals surface area contributed by atoms with E-state index < -0.39 is 11.9 Å². The van der Waals surface area contributed by atoms with Crippen LogP contribution in [0.2, 0.25) is 0 Å². The van der Waals surface area contributed by atoms with E-state index in [1.165, 1.54) is 7.11 Å². The largest absolute Gasteiger partial charge is 0.493 e. The van der Waals surface area contributed by atoms with Crippen LogP contribution in [0.5, 0.6) is 17.2 Å². The lowest BCUT2D eigenvalue weighted by Gasteiger charge is -2.13. The van der Waals surface area contributed by atoms with Gasteiger partial charge in [-0.3, -0.25) is 14.5 Å². The van der Waals surface area contributed by atoms with Crippen molar-refractivity contribution in [3.63, 3.8) is 0 Å². The molecule has 7 nitrogen and oxygen atoms in total. The van der Waals surface area contributed by atoms with Crippen molar-refractivity contribution in [2.75, 3.05) is 20.3 Å². The van der Waals surface area contributed by atoms with Crippen molar-refractivity contribution in [3.05, 3.63) is 93.9 Å². The Balaban J connectivity index is 1.45. The molecule has 0 N–H and O–H groups in total. The fraction of sp³-hybridized carbons (Fsp3) is 0.179. The second-order valence-corrected chi connectivity index (χ2v) is 9.15. The SMILES string of the molecule is COc1ccc(/C=C2\SC(=O)N(CCOc3ccc(C)cc3)C2=O)cc1OC(=O)c1ccc(C)cc1. The Morgan fingerprint density at radius 1 is 0.917 bits per heavy atom. The molecular formula is C28H25NO6S. The van der Waals surface area contributed by atoms with Gasteiger partial charge < -0.3 is 14.2 Å². The Morgan fingerprint density at radius 2 is 1.58 bits per heavy atom. The fourth-order valence-corrected chi connectivity index (χ4v) is 4.31. The third-order valence-electron chi connectivity index (χ3n) is 5.45. The first-order valence-electron chi connectivity index (χ1n) is 11.3. The molecular weight excluding hydrogens is 478 g/mol. The average Bonchev–Trinajstić information content (AvgIpc) is 3.13. The number of hydrogen-bond donors (Lipinski definition) is 0. The molecule has 3 aromatic rings. The van der Waals surface area contributed by atoms with Gasteiger partial charge in [-0.25, -0.2) is 4.79 Å². The van der Waals surface area contributed by atoms with Gasteiger partial charge in [0.05, 0.1) is 24.1 Å². The van der Waals surface area contributed by atoms with E-state index in [-0.39, 0.29) is 29.0 Å². The molecule has 0 spiro atoms. The molecule has 1 aliphatic heterocycles. The molecule has 36 heavy (non-hydrogen) atoms. The van der Waals surface area contributed by atoms with Crippen LogP contribution in [0, 0.1) is 13.8 Å². The van der Waals surface area contributed by atoms with Gasteiger partial charge >= 0.3 is 5.97 Å². The average molecular weight is 504 g/mol. The zero-order chi connectivity index (χ0) is 25.7. The minimum absolute atomic E-state index is 0.137. The number of imide groups is 1. The molecule has 3 aromatic carbocycles. The standard InChI is InChI=1S/C28H25NO6S/c1-18-4-9-21(10-5-18)27(31)35-24-16-20(8-13-23(24)33-3)17-25-26(30)29(28(32)36-25)14-15-34-22-11-6-19(2)7-12-22/h4-13,16-17H,14-15H2,1-3H3/b25-17-.